The van der Waals surface area contributed by atoms with Gasteiger partial charge in [-0.3, -0.25) is 4.79 Å². The molecule has 0 N–H and O–H groups in total. The average molecular weight is 341 g/mol. The predicted molar refractivity (Wildman–Crippen MR) is 76.2 cm³/mol. The first-order chi connectivity index (χ1) is 9.13. The third-order valence-electron chi connectivity index (χ3n) is 3.07. The van der Waals surface area contributed by atoms with Crippen LogP contribution in [0.25, 0.3) is 0 Å². The van der Waals surface area contributed by atoms with Crippen LogP contribution in [-0.2, 0) is 6.54 Å². The zero-order valence-corrected chi connectivity index (χ0v) is 12.8. The second kappa shape index (κ2) is 5.09. The van der Waals surface area contributed by atoms with Crippen LogP contribution in [0.15, 0.2) is 25.8 Å². The van der Waals surface area contributed by atoms with Crippen molar-refractivity contribution in [3.8, 4) is 0 Å². The van der Waals surface area contributed by atoms with Gasteiger partial charge in [-0.25, -0.2) is 0 Å². The summed E-state index contributed by atoms with van der Waals surface area (Å²) in [6.07, 6.45) is 2.15. The van der Waals surface area contributed by atoms with E-state index in [0.717, 1.165) is 22.2 Å². The van der Waals surface area contributed by atoms with E-state index >= 15 is 0 Å². The topological polar surface area (TPSA) is 46.3 Å². The summed E-state index contributed by atoms with van der Waals surface area (Å²) in [4.78, 5) is 14.3. The number of aryl methyl sites for hydroxylation is 1. The second-order valence-corrected chi connectivity index (χ2v) is 7.04. The van der Waals surface area contributed by atoms with Crippen LogP contribution in [0.1, 0.15) is 34.7 Å². The lowest BCUT2D eigenvalue weighted by Crippen LogP contribution is -2.32. The van der Waals surface area contributed by atoms with Gasteiger partial charge < -0.3 is 9.42 Å². The maximum atomic E-state index is 12.4. The highest BCUT2D eigenvalue weighted by atomic mass is 79.9. The molecule has 0 spiro atoms. The summed E-state index contributed by atoms with van der Waals surface area (Å²) >= 11 is 5.08. The lowest BCUT2D eigenvalue weighted by atomic mass is 10.2. The van der Waals surface area contributed by atoms with Crippen LogP contribution in [-0.4, -0.2) is 22.0 Å². The minimum Gasteiger partial charge on any atom is -0.361 e. The van der Waals surface area contributed by atoms with Crippen molar-refractivity contribution >= 4 is 33.2 Å². The Morgan fingerprint density at radius 3 is 2.89 bits per heavy atom. The van der Waals surface area contributed by atoms with E-state index < -0.39 is 0 Å². The van der Waals surface area contributed by atoms with Crippen molar-refractivity contribution in [3.63, 3.8) is 0 Å². The molecular weight excluding hydrogens is 328 g/mol. The number of hydrogen-bond donors (Lipinski definition) is 0. The molecule has 0 radical (unpaired) electrons. The molecule has 3 rings (SSSR count). The maximum absolute atomic E-state index is 12.4. The fraction of sp³-hybridized carbons (Fsp3) is 0.385. The van der Waals surface area contributed by atoms with Gasteiger partial charge in [0, 0.05) is 18.7 Å². The van der Waals surface area contributed by atoms with Crippen LogP contribution in [0, 0.1) is 6.92 Å². The van der Waals surface area contributed by atoms with Crippen LogP contribution in [0.3, 0.4) is 0 Å². The number of carbonyl (C=O) groups excluding carboxylic acids is 1. The van der Waals surface area contributed by atoms with Gasteiger partial charge in [0.2, 0.25) is 0 Å². The molecule has 2 aromatic heterocycles. The summed E-state index contributed by atoms with van der Waals surface area (Å²) in [5, 5.41) is 5.89. The molecule has 1 fully saturated rings. The maximum Gasteiger partial charge on any atom is 0.276 e. The molecule has 1 aliphatic rings. The Kier molecular flexibility index (Phi) is 3.45. The molecule has 0 bridgehead atoms. The fourth-order valence-corrected chi connectivity index (χ4v) is 3.19. The first-order valence-corrected chi connectivity index (χ1v) is 7.78. The van der Waals surface area contributed by atoms with E-state index in [0.29, 0.717) is 24.0 Å². The highest BCUT2D eigenvalue weighted by molar-refractivity contribution is 9.11. The predicted octanol–water partition coefficient (Wildman–Crippen LogP) is 3.61. The Labute approximate surface area is 123 Å². The number of nitrogens with zero attached hydrogens (tertiary/aromatic N) is 2. The molecule has 1 saturated carbocycles. The third-order valence-corrected chi connectivity index (χ3v) is 4.62. The largest absolute Gasteiger partial charge is 0.361 e. The molecular formula is C13H13BrN2O2S. The van der Waals surface area contributed by atoms with Gasteiger partial charge in [0.05, 0.1) is 3.79 Å². The van der Waals surface area contributed by atoms with E-state index in [4.69, 9.17) is 4.52 Å². The van der Waals surface area contributed by atoms with E-state index in [2.05, 4.69) is 32.5 Å². The minimum absolute atomic E-state index is 0.0401. The van der Waals surface area contributed by atoms with Gasteiger partial charge in [0.25, 0.3) is 5.91 Å². The van der Waals surface area contributed by atoms with Crippen LogP contribution in [0.5, 0.6) is 0 Å². The standard InChI is InChI=1S/C13H13BrN2O2S/c1-8-4-11(15-18-8)13(17)16(10-2-3-10)6-9-5-12(14)19-7-9/h4-5,7,10H,2-3,6H2,1H3. The first-order valence-electron chi connectivity index (χ1n) is 6.10. The van der Waals surface area contributed by atoms with Gasteiger partial charge in [-0.05, 0) is 52.7 Å². The van der Waals surface area contributed by atoms with Crippen molar-refractivity contribution in [1.29, 1.82) is 0 Å². The van der Waals surface area contributed by atoms with Gasteiger partial charge in [-0.2, -0.15) is 0 Å². The molecule has 0 unspecified atom stereocenters. The summed E-state index contributed by atoms with van der Waals surface area (Å²) in [5.74, 6) is 0.624. The highest BCUT2D eigenvalue weighted by Gasteiger charge is 2.34. The molecule has 1 amide bonds. The molecule has 2 heterocycles. The first kappa shape index (κ1) is 12.9. The molecule has 6 heteroatoms. The number of aromatic nitrogens is 1. The van der Waals surface area contributed by atoms with E-state index in [9.17, 15) is 4.79 Å². The Bertz CT molecular complexity index is 603. The van der Waals surface area contributed by atoms with Crippen molar-refractivity contribution in [2.45, 2.75) is 32.4 Å². The van der Waals surface area contributed by atoms with Crippen LogP contribution < -0.4 is 0 Å². The zero-order valence-electron chi connectivity index (χ0n) is 10.4. The lowest BCUT2D eigenvalue weighted by molar-refractivity contribution is 0.0719. The van der Waals surface area contributed by atoms with Gasteiger partial charge in [0.1, 0.15) is 5.76 Å². The monoisotopic (exact) mass is 340 g/mol. The van der Waals surface area contributed by atoms with E-state index in [1.54, 1.807) is 24.3 Å². The number of carbonyl (C=O) groups is 1. The zero-order chi connectivity index (χ0) is 13.4. The normalized spacial score (nSPS) is 14.6. The average Bonchev–Trinajstić information content (AvgIpc) is 3.00. The number of halogens is 1. The molecule has 4 nitrogen and oxygen atoms in total. The Morgan fingerprint density at radius 2 is 2.37 bits per heavy atom. The van der Waals surface area contributed by atoms with E-state index in [-0.39, 0.29) is 5.91 Å². The second-order valence-electron chi connectivity index (χ2n) is 4.75. The summed E-state index contributed by atoms with van der Waals surface area (Å²) < 4.78 is 6.07. The molecule has 0 aliphatic heterocycles. The summed E-state index contributed by atoms with van der Waals surface area (Å²) in [7, 11) is 0. The molecule has 0 atom stereocenters. The molecule has 100 valence electrons. The van der Waals surface area contributed by atoms with Gasteiger partial charge in [0.15, 0.2) is 5.69 Å². The van der Waals surface area contributed by atoms with Crippen LogP contribution in [0.4, 0.5) is 0 Å². The van der Waals surface area contributed by atoms with Crippen LogP contribution in [0.2, 0.25) is 0 Å². The summed E-state index contributed by atoms with van der Waals surface area (Å²) in [6.45, 7) is 2.43. The molecule has 2 aromatic rings. The highest BCUT2D eigenvalue weighted by Crippen LogP contribution is 2.31. The van der Waals surface area contributed by atoms with Gasteiger partial charge >= 0.3 is 0 Å². The Balaban J connectivity index is 1.79. The van der Waals surface area contributed by atoms with Gasteiger partial charge in [-0.1, -0.05) is 5.16 Å². The smallest absolute Gasteiger partial charge is 0.276 e. The Hall–Kier alpha value is -1.14. The van der Waals surface area contributed by atoms with Crippen LogP contribution >= 0.6 is 27.3 Å². The molecule has 19 heavy (non-hydrogen) atoms. The Morgan fingerprint density at radius 1 is 1.58 bits per heavy atom. The molecule has 0 aromatic carbocycles. The number of thiophene rings is 1. The number of rotatable bonds is 4. The van der Waals surface area contributed by atoms with Crippen molar-refractivity contribution in [3.05, 3.63) is 38.3 Å². The number of amides is 1. The number of hydrogen-bond acceptors (Lipinski definition) is 4. The minimum atomic E-state index is -0.0401. The van der Waals surface area contributed by atoms with Crippen molar-refractivity contribution in [2.24, 2.45) is 0 Å². The van der Waals surface area contributed by atoms with E-state index in [1.807, 2.05) is 4.90 Å². The quantitative estimate of drug-likeness (QED) is 0.853. The summed E-state index contributed by atoms with van der Waals surface area (Å²) in [5.41, 5.74) is 1.55. The summed E-state index contributed by atoms with van der Waals surface area (Å²) in [6, 6.07) is 4.10. The van der Waals surface area contributed by atoms with Crippen molar-refractivity contribution in [1.82, 2.24) is 10.1 Å². The molecule has 0 saturated heterocycles. The SMILES string of the molecule is Cc1cc(C(=O)N(Cc2csc(Br)c2)C2CC2)no1. The lowest BCUT2D eigenvalue weighted by Gasteiger charge is -2.20. The van der Waals surface area contributed by atoms with Crippen molar-refractivity contribution < 1.29 is 9.32 Å². The fourth-order valence-electron chi connectivity index (χ4n) is 1.99. The van der Waals surface area contributed by atoms with Crippen molar-refractivity contribution in [2.75, 3.05) is 0 Å². The third kappa shape index (κ3) is 2.90. The molecule has 1 aliphatic carbocycles. The van der Waals surface area contributed by atoms with Gasteiger partial charge in [-0.15, -0.1) is 11.3 Å². The van der Waals surface area contributed by atoms with E-state index in [1.165, 1.54) is 0 Å².